The van der Waals surface area contributed by atoms with Crippen LogP contribution in [0, 0.1) is 0 Å². The lowest BCUT2D eigenvalue weighted by Gasteiger charge is -2.47. The molecule has 166 valence electrons. The van der Waals surface area contributed by atoms with Gasteiger partial charge in [0.25, 0.3) is 0 Å². The van der Waals surface area contributed by atoms with Gasteiger partial charge in [0.15, 0.2) is 0 Å². The molecular formula is C21H31N3O5S. The Hall–Kier alpha value is -2.13. The third kappa shape index (κ3) is 4.78. The summed E-state index contributed by atoms with van der Waals surface area (Å²) in [5.74, 6) is -0.0982. The van der Waals surface area contributed by atoms with Gasteiger partial charge in [0.05, 0.1) is 19.4 Å². The third-order valence-corrected chi connectivity index (χ3v) is 7.04. The van der Waals surface area contributed by atoms with Crippen molar-refractivity contribution in [3.63, 3.8) is 0 Å². The predicted molar refractivity (Wildman–Crippen MR) is 115 cm³/mol. The minimum atomic E-state index is -3.63. The maximum absolute atomic E-state index is 13.4. The molecule has 0 spiro atoms. The first-order chi connectivity index (χ1) is 14.1. The Morgan fingerprint density at radius 1 is 1.20 bits per heavy atom. The van der Waals surface area contributed by atoms with E-state index in [4.69, 9.17) is 4.74 Å². The summed E-state index contributed by atoms with van der Waals surface area (Å²) in [5, 5.41) is 3.07. The largest absolute Gasteiger partial charge is 0.494 e. The number of piperazine rings is 1. The van der Waals surface area contributed by atoms with E-state index < -0.39 is 21.5 Å². The van der Waals surface area contributed by atoms with Crippen molar-refractivity contribution in [1.82, 2.24) is 9.62 Å². The fourth-order valence-electron chi connectivity index (χ4n) is 4.25. The van der Waals surface area contributed by atoms with E-state index >= 15 is 0 Å². The number of hydrogen-bond acceptors (Lipinski definition) is 5. The summed E-state index contributed by atoms with van der Waals surface area (Å²) in [4.78, 5) is 27.9. The molecule has 1 saturated heterocycles. The normalized spacial score (nSPS) is 24.0. The van der Waals surface area contributed by atoms with E-state index in [0.717, 1.165) is 42.7 Å². The van der Waals surface area contributed by atoms with Gasteiger partial charge in [-0.25, -0.2) is 8.42 Å². The van der Waals surface area contributed by atoms with Crippen LogP contribution in [-0.2, 0) is 19.6 Å². The second kappa shape index (κ2) is 8.93. The number of benzene rings is 1. The molecule has 1 N–H and O–H groups in total. The lowest BCUT2D eigenvalue weighted by Crippen LogP contribution is -2.70. The first-order valence-corrected chi connectivity index (χ1v) is 12.3. The Morgan fingerprint density at radius 2 is 1.83 bits per heavy atom. The number of nitrogens with one attached hydrogen (secondary N) is 1. The molecule has 1 aromatic carbocycles. The van der Waals surface area contributed by atoms with Crippen molar-refractivity contribution in [1.29, 1.82) is 0 Å². The van der Waals surface area contributed by atoms with Crippen molar-refractivity contribution < 1.29 is 22.7 Å². The average molecular weight is 438 g/mol. The van der Waals surface area contributed by atoms with E-state index in [0.29, 0.717) is 18.0 Å². The van der Waals surface area contributed by atoms with Crippen LogP contribution in [0.15, 0.2) is 24.3 Å². The van der Waals surface area contributed by atoms with E-state index in [2.05, 4.69) is 5.32 Å². The molecule has 8 nitrogen and oxygen atoms in total. The summed E-state index contributed by atoms with van der Waals surface area (Å²) in [6, 6.07) is 6.99. The second-order valence-corrected chi connectivity index (χ2v) is 10.3. The van der Waals surface area contributed by atoms with Crippen LogP contribution >= 0.6 is 0 Å². The zero-order valence-corrected chi connectivity index (χ0v) is 18.7. The number of carbonyl (C=O) groups excluding carboxylic acids is 2. The number of hydrogen-bond donors (Lipinski definition) is 1. The number of nitrogens with zero attached hydrogens (tertiary/aromatic N) is 2. The molecule has 2 aliphatic rings. The van der Waals surface area contributed by atoms with Crippen LogP contribution in [0.1, 0.15) is 46.0 Å². The molecule has 0 aromatic heterocycles. The highest BCUT2D eigenvalue weighted by Crippen LogP contribution is 2.32. The Bertz CT molecular complexity index is 880. The highest BCUT2D eigenvalue weighted by atomic mass is 32.2. The zero-order valence-electron chi connectivity index (χ0n) is 17.9. The topological polar surface area (TPSA) is 96.0 Å². The summed E-state index contributed by atoms with van der Waals surface area (Å²) >= 11 is 0. The molecule has 30 heavy (non-hydrogen) atoms. The quantitative estimate of drug-likeness (QED) is 0.733. The fraction of sp³-hybridized carbons (Fsp3) is 0.619. The molecule has 9 heteroatoms. The summed E-state index contributed by atoms with van der Waals surface area (Å²) in [5.41, 5.74) is -0.818. The minimum Gasteiger partial charge on any atom is -0.494 e. The lowest BCUT2D eigenvalue weighted by molar-refractivity contribution is -0.133. The molecule has 1 atom stereocenters. The molecule has 2 fully saturated rings. The molecule has 2 amide bonds. The van der Waals surface area contributed by atoms with Crippen molar-refractivity contribution in [3.05, 3.63) is 24.3 Å². The van der Waals surface area contributed by atoms with E-state index in [-0.39, 0.29) is 25.0 Å². The Kier molecular flexibility index (Phi) is 6.71. The Labute approximate surface area is 178 Å². The number of ether oxygens (including phenoxy) is 1. The number of sulfonamides is 1. The van der Waals surface area contributed by atoms with Crippen molar-refractivity contribution in [2.75, 3.05) is 30.9 Å². The van der Waals surface area contributed by atoms with Gasteiger partial charge < -0.3 is 10.1 Å². The number of rotatable bonds is 6. The molecule has 1 aliphatic heterocycles. The average Bonchev–Trinajstić information content (AvgIpc) is 2.69. The van der Waals surface area contributed by atoms with Crippen LogP contribution < -0.4 is 15.0 Å². The highest BCUT2D eigenvalue weighted by molar-refractivity contribution is 7.88. The van der Waals surface area contributed by atoms with Gasteiger partial charge >= 0.3 is 0 Å². The maximum atomic E-state index is 13.4. The molecule has 1 aliphatic carbocycles. The van der Waals surface area contributed by atoms with Crippen LogP contribution in [0.5, 0.6) is 5.75 Å². The fourth-order valence-corrected chi connectivity index (χ4v) is 5.08. The first-order valence-electron chi connectivity index (χ1n) is 10.5. The predicted octanol–water partition coefficient (Wildman–Crippen LogP) is 1.90. The molecule has 1 heterocycles. The summed E-state index contributed by atoms with van der Waals surface area (Å²) < 4.78 is 30.9. The van der Waals surface area contributed by atoms with Gasteiger partial charge in [-0.05, 0) is 51.0 Å². The maximum Gasteiger partial charge on any atom is 0.247 e. The van der Waals surface area contributed by atoms with Crippen LogP contribution in [0.3, 0.4) is 0 Å². The highest BCUT2D eigenvalue weighted by Gasteiger charge is 2.50. The molecule has 1 saturated carbocycles. The minimum absolute atomic E-state index is 0.0500. The lowest BCUT2D eigenvalue weighted by atomic mass is 9.91. The van der Waals surface area contributed by atoms with Crippen LogP contribution in [0.4, 0.5) is 5.69 Å². The molecule has 1 unspecified atom stereocenters. The molecule has 1 aromatic rings. The monoisotopic (exact) mass is 437 g/mol. The van der Waals surface area contributed by atoms with Gasteiger partial charge in [0.2, 0.25) is 21.8 Å². The van der Waals surface area contributed by atoms with Gasteiger partial charge in [0, 0.05) is 18.3 Å². The summed E-state index contributed by atoms with van der Waals surface area (Å²) in [6.45, 7) is 3.65. The smallest absolute Gasteiger partial charge is 0.247 e. The van der Waals surface area contributed by atoms with E-state index in [1.54, 1.807) is 31.2 Å². The Balaban J connectivity index is 1.94. The Morgan fingerprint density at radius 3 is 2.40 bits per heavy atom. The van der Waals surface area contributed by atoms with Gasteiger partial charge in [-0.3, -0.25) is 14.5 Å². The van der Waals surface area contributed by atoms with Crippen molar-refractivity contribution in [3.8, 4) is 5.75 Å². The van der Waals surface area contributed by atoms with Gasteiger partial charge in [-0.15, -0.1) is 0 Å². The third-order valence-electron chi connectivity index (χ3n) is 5.84. The van der Waals surface area contributed by atoms with Crippen LogP contribution in [0.2, 0.25) is 0 Å². The summed E-state index contributed by atoms with van der Waals surface area (Å²) in [7, 11) is -3.63. The molecule has 0 bridgehead atoms. The van der Waals surface area contributed by atoms with Crippen LogP contribution in [0.25, 0.3) is 0 Å². The van der Waals surface area contributed by atoms with Crippen LogP contribution in [-0.4, -0.2) is 62.1 Å². The molecular weight excluding hydrogens is 406 g/mol. The second-order valence-electron chi connectivity index (χ2n) is 8.27. The number of amides is 2. The van der Waals surface area contributed by atoms with E-state index in [1.807, 2.05) is 6.92 Å². The van der Waals surface area contributed by atoms with Gasteiger partial charge in [0.1, 0.15) is 11.3 Å². The molecule has 0 radical (unpaired) electrons. The first kappa shape index (κ1) is 22.6. The number of carbonyl (C=O) groups is 2. The summed E-state index contributed by atoms with van der Waals surface area (Å²) in [6.07, 6.45) is 6.12. The van der Waals surface area contributed by atoms with Crippen molar-refractivity contribution in [2.45, 2.75) is 57.5 Å². The SMILES string of the molecule is CCOc1ccc(N2C(=O)CN(S(C)(=O)=O)CC2(C)C(=O)NC2CCCCC2)cc1. The van der Waals surface area contributed by atoms with Gasteiger partial charge in [-0.2, -0.15) is 4.31 Å². The molecule has 3 rings (SSSR count). The van der Waals surface area contributed by atoms with E-state index in [9.17, 15) is 18.0 Å². The van der Waals surface area contributed by atoms with Gasteiger partial charge in [-0.1, -0.05) is 19.3 Å². The van der Waals surface area contributed by atoms with Crippen molar-refractivity contribution >= 4 is 27.5 Å². The zero-order chi connectivity index (χ0) is 21.9. The van der Waals surface area contributed by atoms with E-state index in [1.165, 1.54) is 4.90 Å². The number of anilines is 1. The standard InChI is InChI=1S/C21H31N3O5S/c1-4-29-18-12-10-17(11-13-18)24-19(25)14-23(30(3,27)28)15-21(24,2)20(26)22-16-8-6-5-7-9-16/h10-13,16H,4-9,14-15H2,1-3H3,(H,22,26). The van der Waals surface area contributed by atoms with Crippen molar-refractivity contribution in [2.24, 2.45) is 0 Å².